The van der Waals surface area contributed by atoms with Crippen molar-refractivity contribution in [3.8, 4) is 0 Å². The summed E-state index contributed by atoms with van der Waals surface area (Å²) in [4.78, 5) is 28.4. The fourth-order valence-electron chi connectivity index (χ4n) is 3.96. The van der Waals surface area contributed by atoms with E-state index in [4.69, 9.17) is 4.74 Å². The minimum absolute atomic E-state index is 0.113. The fourth-order valence-corrected chi connectivity index (χ4v) is 4.79. The Kier molecular flexibility index (Phi) is 7.59. The van der Waals surface area contributed by atoms with E-state index in [0.29, 0.717) is 49.8 Å². The number of rotatable bonds is 6. The second-order valence-electron chi connectivity index (χ2n) is 7.41. The number of carbonyl (C=O) groups excluding carboxylic acids is 2. The first kappa shape index (κ1) is 20.2. The molecular formula is C21H30N2O3S. The van der Waals surface area contributed by atoms with Gasteiger partial charge in [-0.1, -0.05) is 30.3 Å². The number of amides is 2. The molecular weight excluding hydrogens is 360 g/mol. The third-order valence-corrected chi connectivity index (χ3v) is 6.63. The van der Waals surface area contributed by atoms with Crippen molar-refractivity contribution in [3.05, 3.63) is 35.9 Å². The number of ether oxygens (including phenoxy) is 1. The van der Waals surface area contributed by atoms with Crippen LogP contribution in [0.4, 0.5) is 0 Å². The molecule has 27 heavy (non-hydrogen) atoms. The third kappa shape index (κ3) is 5.72. The number of carbonyl (C=O) groups is 2. The molecule has 0 N–H and O–H groups in total. The van der Waals surface area contributed by atoms with Crippen LogP contribution in [0.3, 0.4) is 0 Å². The summed E-state index contributed by atoms with van der Waals surface area (Å²) in [6.07, 6.45) is 4.38. The van der Waals surface area contributed by atoms with E-state index in [-0.39, 0.29) is 11.8 Å². The molecule has 3 rings (SSSR count). The summed E-state index contributed by atoms with van der Waals surface area (Å²) in [6, 6.07) is 11.0. The first-order valence-electron chi connectivity index (χ1n) is 9.89. The number of morpholine rings is 1. The van der Waals surface area contributed by atoms with Crippen LogP contribution in [0, 0.1) is 0 Å². The molecule has 0 bridgehead atoms. The van der Waals surface area contributed by atoms with E-state index in [9.17, 15) is 9.59 Å². The Labute approximate surface area is 166 Å². The lowest BCUT2D eigenvalue weighted by molar-refractivity contribution is -0.132. The van der Waals surface area contributed by atoms with Gasteiger partial charge in [-0.15, -0.1) is 11.8 Å². The van der Waals surface area contributed by atoms with E-state index in [1.807, 2.05) is 16.8 Å². The third-order valence-electron chi connectivity index (χ3n) is 5.72. The Bertz CT molecular complexity index is 611. The number of hydrogen-bond donors (Lipinski definition) is 0. The Morgan fingerprint density at radius 2 is 1.74 bits per heavy atom. The van der Waals surface area contributed by atoms with Crippen molar-refractivity contribution < 1.29 is 14.3 Å². The van der Waals surface area contributed by atoms with Gasteiger partial charge in [-0.25, -0.2) is 0 Å². The van der Waals surface area contributed by atoms with E-state index in [1.54, 1.807) is 0 Å². The van der Waals surface area contributed by atoms with Gasteiger partial charge < -0.3 is 14.5 Å². The molecule has 2 aliphatic rings. The standard InChI is InChI=1S/C21H30N2O3S/c1-22(19-9-7-18(8-10-19)17-5-3-2-4-6-17)20(24)15-27-16-21(25)23-11-13-26-14-12-23/h2-6,18-19H,7-16H2,1H3. The van der Waals surface area contributed by atoms with Gasteiger partial charge in [-0.2, -0.15) is 0 Å². The minimum Gasteiger partial charge on any atom is -0.378 e. The first-order chi connectivity index (χ1) is 13.1. The highest BCUT2D eigenvalue weighted by molar-refractivity contribution is 8.00. The van der Waals surface area contributed by atoms with Gasteiger partial charge in [0.2, 0.25) is 11.8 Å². The van der Waals surface area contributed by atoms with Gasteiger partial charge in [-0.05, 0) is 37.2 Å². The van der Waals surface area contributed by atoms with Crippen molar-refractivity contribution in [1.82, 2.24) is 9.80 Å². The minimum atomic E-state index is 0.113. The normalized spacial score (nSPS) is 23.1. The Balaban J connectivity index is 1.37. The topological polar surface area (TPSA) is 49.9 Å². The molecule has 1 saturated heterocycles. The molecule has 5 nitrogen and oxygen atoms in total. The van der Waals surface area contributed by atoms with Gasteiger partial charge in [0, 0.05) is 26.2 Å². The summed E-state index contributed by atoms with van der Waals surface area (Å²) in [5.41, 5.74) is 1.42. The summed E-state index contributed by atoms with van der Waals surface area (Å²) in [5.74, 6) is 1.62. The lowest BCUT2D eigenvalue weighted by atomic mass is 9.81. The largest absolute Gasteiger partial charge is 0.378 e. The highest BCUT2D eigenvalue weighted by Crippen LogP contribution is 2.34. The Morgan fingerprint density at radius 1 is 1.07 bits per heavy atom. The second kappa shape index (κ2) is 10.1. The van der Waals surface area contributed by atoms with Crippen molar-refractivity contribution in [2.75, 3.05) is 44.9 Å². The quantitative estimate of drug-likeness (QED) is 0.749. The number of thioether (sulfide) groups is 1. The van der Waals surface area contributed by atoms with Crippen molar-refractivity contribution in [1.29, 1.82) is 0 Å². The van der Waals surface area contributed by atoms with Crippen LogP contribution in [-0.4, -0.2) is 72.5 Å². The lowest BCUT2D eigenvalue weighted by Crippen LogP contribution is -2.42. The smallest absolute Gasteiger partial charge is 0.232 e. The molecule has 1 aromatic rings. The van der Waals surface area contributed by atoms with E-state index in [0.717, 1.165) is 25.7 Å². The SMILES string of the molecule is CN(C(=O)CSCC(=O)N1CCOCC1)C1CCC(c2ccccc2)CC1. The Hall–Kier alpha value is -1.53. The molecule has 1 aliphatic carbocycles. The van der Waals surface area contributed by atoms with Crippen LogP contribution in [-0.2, 0) is 14.3 Å². The molecule has 0 spiro atoms. The first-order valence-corrected chi connectivity index (χ1v) is 11.0. The maximum absolute atomic E-state index is 12.5. The van der Waals surface area contributed by atoms with Crippen LogP contribution in [0.1, 0.15) is 37.2 Å². The van der Waals surface area contributed by atoms with Crippen LogP contribution >= 0.6 is 11.8 Å². The number of hydrogen-bond acceptors (Lipinski definition) is 4. The van der Waals surface area contributed by atoms with Gasteiger partial charge in [0.05, 0.1) is 24.7 Å². The van der Waals surface area contributed by atoms with Gasteiger partial charge in [0.25, 0.3) is 0 Å². The molecule has 0 atom stereocenters. The predicted molar refractivity (Wildman–Crippen MR) is 109 cm³/mol. The fraction of sp³-hybridized carbons (Fsp3) is 0.619. The molecule has 6 heteroatoms. The zero-order chi connectivity index (χ0) is 19.1. The van der Waals surface area contributed by atoms with E-state index in [1.165, 1.54) is 17.3 Å². The molecule has 0 unspecified atom stereocenters. The Morgan fingerprint density at radius 3 is 2.41 bits per heavy atom. The van der Waals surface area contributed by atoms with Crippen LogP contribution in [0.2, 0.25) is 0 Å². The van der Waals surface area contributed by atoms with Crippen molar-refractivity contribution in [3.63, 3.8) is 0 Å². The summed E-state index contributed by atoms with van der Waals surface area (Å²) in [7, 11) is 1.92. The van der Waals surface area contributed by atoms with Gasteiger partial charge in [0.15, 0.2) is 0 Å². The maximum atomic E-state index is 12.5. The summed E-state index contributed by atoms with van der Waals surface area (Å²) in [5, 5.41) is 0. The molecule has 1 aromatic carbocycles. The van der Waals surface area contributed by atoms with Crippen molar-refractivity contribution in [2.45, 2.75) is 37.6 Å². The predicted octanol–water partition coefficient (Wildman–Crippen LogP) is 2.76. The summed E-state index contributed by atoms with van der Waals surface area (Å²) >= 11 is 1.43. The molecule has 0 aromatic heterocycles. The maximum Gasteiger partial charge on any atom is 0.232 e. The zero-order valence-corrected chi connectivity index (χ0v) is 17.0. The van der Waals surface area contributed by atoms with Crippen molar-refractivity contribution in [2.24, 2.45) is 0 Å². The molecule has 148 valence electrons. The van der Waals surface area contributed by atoms with Gasteiger partial charge in [-0.3, -0.25) is 9.59 Å². The highest BCUT2D eigenvalue weighted by atomic mass is 32.2. The van der Waals surface area contributed by atoms with Crippen LogP contribution in [0.5, 0.6) is 0 Å². The highest BCUT2D eigenvalue weighted by Gasteiger charge is 2.27. The van der Waals surface area contributed by atoms with Crippen LogP contribution in [0.25, 0.3) is 0 Å². The number of benzene rings is 1. The van der Waals surface area contributed by atoms with Crippen molar-refractivity contribution >= 4 is 23.6 Å². The van der Waals surface area contributed by atoms with Crippen LogP contribution < -0.4 is 0 Å². The number of nitrogens with zero attached hydrogens (tertiary/aromatic N) is 2. The summed E-state index contributed by atoms with van der Waals surface area (Å²) < 4.78 is 5.27. The monoisotopic (exact) mass is 390 g/mol. The molecule has 1 saturated carbocycles. The lowest BCUT2D eigenvalue weighted by Gasteiger charge is -2.35. The molecule has 2 amide bonds. The average Bonchev–Trinajstić information content (AvgIpc) is 2.74. The molecule has 2 fully saturated rings. The molecule has 0 radical (unpaired) electrons. The average molecular weight is 391 g/mol. The van der Waals surface area contributed by atoms with Crippen LogP contribution in [0.15, 0.2) is 30.3 Å². The second-order valence-corrected chi connectivity index (χ2v) is 8.39. The van der Waals surface area contributed by atoms with E-state index < -0.39 is 0 Å². The molecule has 1 heterocycles. The molecule has 1 aliphatic heterocycles. The van der Waals surface area contributed by atoms with E-state index in [2.05, 4.69) is 30.3 Å². The van der Waals surface area contributed by atoms with Gasteiger partial charge in [0.1, 0.15) is 0 Å². The van der Waals surface area contributed by atoms with E-state index >= 15 is 0 Å². The summed E-state index contributed by atoms with van der Waals surface area (Å²) in [6.45, 7) is 2.56. The van der Waals surface area contributed by atoms with Gasteiger partial charge >= 0.3 is 0 Å². The zero-order valence-electron chi connectivity index (χ0n) is 16.1.